The number of benzene rings is 1. The summed E-state index contributed by atoms with van der Waals surface area (Å²) in [4.78, 5) is 11.4. The largest absolute Gasteiger partial charge is 0.495 e. The summed E-state index contributed by atoms with van der Waals surface area (Å²) in [6, 6.07) is 3.93. The smallest absolute Gasteiger partial charge is 0.339 e. The van der Waals surface area contributed by atoms with Gasteiger partial charge in [-0.2, -0.15) is 0 Å². The number of carbonyl (C=O) groups is 1. The van der Waals surface area contributed by atoms with Crippen LogP contribution in [0.15, 0.2) is 23.1 Å². The van der Waals surface area contributed by atoms with Crippen molar-refractivity contribution in [3.05, 3.63) is 23.8 Å². The van der Waals surface area contributed by atoms with Crippen molar-refractivity contribution in [2.45, 2.75) is 17.9 Å². The lowest BCUT2D eigenvalue weighted by Gasteiger charge is -2.13. The number of aliphatic hydroxyl groups excluding tert-OH is 1. The zero-order valence-corrected chi connectivity index (χ0v) is 11.7. The SMILES string of the molecule is CCOC(=O)C(O)c1ccc(S(C)(=O)=O)c(OC)c1. The monoisotopic (exact) mass is 288 g/mol. The molecule has 19 heavy (non-hydrogen) atoms. The third-order valence-corrected chi connectivity index (χ3v) is 3.55. The Balaban J connectivity index is 3.17. The normalized spacial score (nSPS) is 12.8. The predicted molar refractivity (Wildman–Crippen MR) is 67.7 cm³/mol. The van der Waals surface area contributed by atoms with Gasteiger partial charge in [0.1, 0.15) is 10.6 Å². The average molecular weight is 288 g/mol. The van der Waals surface area contributed by atoms with Gasteiger partial charge in [-0.1, -0.05) is 6.07 Å². The van der Waals surface area contributed by atoms with Crippen molar-refractivity contribution in [2.75, 3.05) is 20.0 Å². The molecule has 1 aromatic carbocycles. The molecule has 106 valence electrons. The Morgan fingerprint density at radius 1 is 1.42 bits per heavy atom. The van der Waals surface area contributed by atoms with Crippen LogP contribution < -0.4 is 4.74 Å². The molecule has 1 unspecified atom stereocenters. The minimum atomic E-state index is -3.44. The average Bonchev–Trinajstić information content (AvgIpc) is 2.36. The summed E-state index contributed by atoms with van der Waals surface area (Å²) in [5.41, 5.74) is 0.211. The van der Waals surface area contributed by atoms with Gasteiger partial charge < -0.3 is 14.6 Å². The molecule has 1 aromatic rings. The molecule has 1 atom stereocenters. The molecule has 1 N–H and O–H groups in total. The van der Waals surface area contributed by atoms with Crippen molar-refractivity contribution < 1.29 is 27.8 Å². The first-order valence-electron chi connectivity index (χ1n) is 5.54. The van der Waals surface area contributed by atoms with Crippen molar-refractivity contribution in [2.24, 2.45) is 0 Å². The van der Waals surface area contributed by atoms with E-state index in [0.717, 1.165) is 6.26 Å². The van der Waals surface area contributed by atoms with E-state index in [0.29, 0.717) is 0 Å². The number of aliphatic hydroxyl groups is 1. The Morgan fingerprint density at radius 2 is 2.05 bits per heavy atom. The molecule has 0 aliphatic rings. The third-order valence-electron chi connectivity index (χ3n) is 2.41. The number of rotatable bonds is 5. The molecule has 0 aliphatic heterocycles. The highest BCUT2D eigenvalue weighted by Crippen LogP contribution is 2.28. The Labute approximate surface area is 111 Å². The number of methoxy groups -OCH3 is 1. The highest BCUT2D eigenvalue weighted by molar-refractivity contribution is 7.90. The van der Waals surface area contributed by atoms with E-state index in [-0.39, 0.29) is 22.8 Å². The summed E-state index contributed by atoms with van der Waals surface area (Å²) in [6.07, 6.45) is -0.422. The molecule has 0 radical (unpaired) electrons. The fourth-order valence-corrected chi connectivity index (χ4v) is 2.34. The number of esters is 1. The van der Waals surface area contributed by atoms with Crippen molar-refractivity contribution in [1.82, 2.24) is 0 Å². The Bertz CT molecular complexity index is 564. The van der Waals surface area contributed by atoms with Gasteiger partial charge in [-0.15, -0.1) is 0 Å². The van der Waals surface area contributed by atoms with Crippen LogP contribution in [0.5, 0.6) is 5.75 Å². The lowest BCUT2D eigenvalue weighted by atomic mass is 10.1. The highest BCUT2D eigenvalue weighted by Gasteiger charge is 2.22. The Hall–Kier alpha value is -1.60. The van der Waals surface area contributed by atoms with Crippen LogP contribution in [0.1, 0.15) is 18.6 Å². The van der Waals surface area contributed by atoms with E-state index in [1.807, 2.05) is 0 Å². The number of hydrogen-bond donors (Lipinski definition) is 1. The maximum Gasteiger partial charge on any atom is 0.339 e. The minimum absolute atomic E-state index is 0.00481. The molecular formula is C12H16O6S. The molecular weight excluding hydrogens is 272 g/mol. The number of sulfone groups is 1. The van der Waals surface area contributed by atoms with Crippen molar-refractivity contribution in [3.63, 3.8) is 0 Å². The maximum absolute atomic E-state index is 11.5. The van der Waals surface area contributed by atoms with Crippen molar-refractivity contribution in [3.8, 4) is 5.75 Å². The maximum atomic E-state index is 11.5. The molecule has 0 fully saturated rings. The molecule has 0 aliphatic carbocycles. The minimum Gasteiger partial charge on any atom is -0.495 e. The highest BCUT2D eigenvalue weighted by atomic mass is 32.2. The van der Waals surface area contributed by atoms with E-state index in [4.69, 9.17) is 4.74 Å². The van der Waals surface area contributed by atoms with Crippen LogP contribution in [0.2, 0.25) is 0 Å². The summed E-state index contributed by atoms with van der Waals surface area (Å²) in [6.45, 7) is 1.77. The van der Waals surface area contributed by atoms with Gasteiger partial charge in [-0.25, -0.2) is 13.2 Å². The van der Waals surface area contributed by atoms with Gasteiger partial charge in [-0.05, 0) is 24.6 Å². The van der Waals surface area contributed by atoms with Crippen LogP contribution in [-0.2, 0) is 19.4 Å². The van der Waals surface area contributed by atoms with Crippen LogP contribution >= 0.6 is 0 Å². The summed E-state index contributed by atoms with van der Waals surface area (Å²) < 4.78 is 32.6. The number of ether oxygens (including phenoxy) is 2. The van der Waals surface area contributed by atoms with Crippen LogP contribution in [0.4, 0.5) is 0 Å². The molecule has 0 bridgehead atoms. The van der Waals surface area contributed by atoms with E-state index >= 15 is 0 Å². The first-order chi connectivity index (χ1) is 8.81. The van der Waals surface area contributed by atoms with Gasteiger partial charge >= 0.3 is 5.97 Å². The van der Waals surface area contributed by atoms with Crippen molar-refractivity contribution in [1.29, 1.82) is 0 Å². The van der Waals surface area contributed by atoms with Crippen LogP contribution in [-0.4, -0.2) is 39.5 Å². The van der Waals surface area contributed by atoms with Gasteiger partial charge in [0, 0.05) is 6.26 Å². The molecule has 7 heteroatoms. The van der Waals surface area contributed by atoms with Gasteiger partial charge in [0.05, 0.1) is 13.7 Å². The summed E-state index contributed by atoms with van der Waals surface area (Å²) in [7, 11) is -2.13. The van der Waals surface area contributed by atoms with E-state index in [2.05, 4.69) is 4.74 Å². The van der Waals surface area contributed by atoms with Crippen LogP contribution in [0.25, 0.3) is 0 Å². The van der Waals surface area contributed by atoms with Crippen LogP contribution in [0, 0.1) is 0 Å². The molecule has 0 aromatic heterocycles. The van der Waals surface area contributed by atoms with Gasteiger partial charge in [-0.3, -0.25) is 0 Å². The molecule has 6 nitrogen and oxygen atoms in total. The molecule has 0 saturated carbocycles. The van der Waals surface area contributed by atoms with E-state index in [1.54, 1.807) is 6.92 Å². The van der Waals surface area contributed by atoms with E-state index in [1.165, 1.54) is 25.3 Å². The number of carbonyl (C=O) groups excluding carboxylic acids is 1. The molecule has 0 heterocycles. The van der Waals surface area contributed by atoms with Gasteiger partial charge in [0.15, 0.2) is 15.9 Å². The number of hydrogen-bond acceptors (Lipinski definition) is 6. The summed E-state index contributed by atoms with van der Waals surface area (Å²) in [5, 5.41) is 9.75. The first-order valence-corrected chi connectivity index (χ1v) is 7.43. The van der Waals surface area contributed by atoms with Gasteiger partial charge in [0.2, 0.25) is 0 Å². The third kappa shape index (κ3) is 3.68. The summed E-state index contributed by atoms with van der Waals surface area (Å²) in [5.74, 6) is -0.722. The fourth-order valence-electron chi connectivity index (χ4n) is 1.52. The molecule has 0 spiro atoms. The summed E-state index contributed by atoms with van der Waals surface area (Å²) >= 11 is 0. The zero-order chi connectivity index (χ0) is 14.6. The lowest BCUT2D eigenvalue weighted by Crippen LogP contribution is -2.15. The second kappa shape index (κ2) is 6.03. The Morgan fingerprint density at radius 3 is 2.53 bits per heavy atom. The molecule has 1 rings (SSSR count). The topological polar surface area (TPSA) is 89.9 Å². The lowest BCUT2D eigenvalue weighted by molar-refractivity contribution is -0.153. The van der Waals surface area contributed by atoms with Crippen molar-refractivity contribution >= 4 is 15.8 Å². The van der Waals surface area contributed by atoms with E-state index < -0.39 is 21.9 Å². The quantitative estimate of drug-likeness (QED) is 0.802. The Kier molecular flexibility index (Phi) is 4.90. The van der Waals surface area contributed by atoms with Crippen LogP contribution in [0.3, 0.4) is 0 Å². The standard InChI is InChI=1S/C12H16O6S/c1-4-18-12(14)11(13)8-5-6-10(19(3,15)16)9(7-8)17-2/h5-7,11,13H,4H2,1-3H3. The second-order valence-corrected chi connectivity index (χ2v) is 5.82. The first kappa shape index (κ1) is 15.5. The molecule has 0 saturated heterocycles. The molecule has 0 amide bonds. The predicted octanol–water partition coefficient (Wildman–Crippen LogP) is 0.695. The second-order valence-electron chi connectivity index (χ2n) is 3.84. The fraction of sp³-hybridized carbons (Fsp3) is 0.417. The zero-order valence-electron chi connectivity index (χ0n) is 10.9. The van der Waals surface area contributed by atoms with Gasteiger partial charge in [0.25, 0.3) is 0 Å². The van der Waals surface area contributed by atoms with E-state index in [9.17, 15) is 18.3 Å².